The number of hydrogen-bond donors (Lipinski definition) is 0. The molecule has 102 valence electrons. The Labute approximate surface area is 110 Å². The number of hydrogen-bond acceptors (Lipinski definition) is 5. The van der Waals surface area contributed by atoms with Crippen LogP contribution in [-0.4, -0.2) is 65.7 Å². The smallest absolute Gasteiger partial charge is 0.374 e. The molecule has 6 heteroatoms. The van der Waals surface area contributed by atoms with Crippen molar-refractivity contribution in [3.05, 3.63) is 0 Å². The van der Waals surface area contributed by atoms with Crippen LogP contribution in [0, 0.1) is 0 Å². The van der Waals surface area contributed by atoms with E-state index in [1.54, 1.807) is 0 Å². The molecule has 1 fully saturated rings. The van der Waals surface area contributed by atoms with Crippen LogP contribution >= 0.6 is 11.8 Å². The summed E-state index contributed by atoms with van der Waals surface area (Å²) < 4.78 is 17.8. The molecule has 0 aliphatic carbocycles. The van der Waals surface area contributed by atoms with Crippen LogP contribution in [0.25, 0.3) is 0 Å². The number of nitrogens with zero attached hydrogens (tertiary/aromatic N) is 1. The van der Waals surface area contributed by atoms with Gasteiger partial charge in [0.1, 0.15) is 0 Å². The van der Waals surface area contributed by atoms with Crippen LogP contribution in [0.3, 0.4) is 0 Å². The Kier molecular flexibility index (Phi) is 7.73. The predicted molar refractivity (Wildman–Crippen MR) is 74.6 cm³/mol. The fourth-order valence-electron chi connectivity index (χ4n) is 1.79. The van der Waals surface area contributed by atoms with Crippen LogP contribution in [0.1, 0.15) is 13.3 Å². The van der Waals surface area contributed by atoms with E-state index in [1.807, 2.05) is 18.7 Å². The molecular formula is C11H25NO3SSi. The molecule has 1 aliphatic rings. The van der Waals surface area contributed by atoms with Crippen molar-refractivity contribution in [3.63, 3.8) is 0 Å². The van der Waals surface area contributed by atoms with Crippen LogP contribution in [0.5, 0.6) is 0 Å². The van der Waals surface area contributed by atoms with E-state index >= 15 is 0 Å². The SMILES string of the molecule is CCO[Si]1(CCCN(C)C)OCCSCCO1. The van der Waals surface area contributed by atoms with Crippen molar-refractivity contribution in [2.75, 3.05) is 52.0 Å². The van der Waals surface area contributed by atoms with Gasteiger partial charge in [0.15, 0.2) is 0 Å². The van der Waals surface area contributed by atoms with Gasteiger partial charge in [-0.3, -0.25) is 0 Å². The second-order valence-corrected chi connectivity index (χ2v) is 8.29. The summed E-state index contributed by atoms with van der Waals surface area (Å²) in [5.74, 6) is 2.11. The molecule has 1 saturated heterocycles. The van der Waals surface area contributed by atoms with Gasteiger partial charge in [0.05, 0.1) is 0 Å². The van der Waals surface area contributed by atoms with Gasteiger partial charge in [-0.05, 0) is 34.0 Å². The summed E-state index contributed by atoms with van der Waals surface area (Å²) in [6.07, 6.45) is 1.08. The van der Waals surface area contributed by atoms with E-state index in [0.29, 0.717) is 6.61 Å². The molecule has 0 N–H and O–H groups in total. The summed E-state index contributed by atoms with van der Waals surface area (Å²) >= 11 is 1.89. The topological polar surface area (TPSA) is 30.9 Å². The van der Waals surface area contributed by atoms with Gasteiger partial charge in [-0.15, -0.1) is 0 Å². The third kappa shape index (κ3) is 6.22. The molecule has 1 heterocycles. The highest BCUT2D eigenvalue weighted by molar-refractivity contribution is 7.99. The molecule has 4 nitrogen and oxygen atoms in total. The second kappa shape index (κ2) is 8.50. The highest BCUT2D eigenvalue weighted by Crippen LogP contribution is 2.21. The van der Waals surface area contributed by atoms with Crippen molar-refractivity contribution < 1.29 is 13.3 Å². The largest absolute Gasteiger partial charge is 0.501 e. The molecule has 0 aromatic carbocycles. The van der Waals surface area contributed by atoms with E-state index in [0.717, 1.165) is 43.7 Å². The van der Waals surface area contributed by atoms with Crippen LogP contribution in [0.15, 0.2) is 0 Å². The predicted octanol–water partition coefficient (Wildman–Crippen LogP) is 1.69. The Morgan fingerprint density at radius 1 is 1.24 bits per heavy atom. The van der Waals surface area contributed by atoms with Crippen LogP contribution < -0.4 is 0 Å². The lowest BCUT2D eigenvalue weighted by Crippen LogP contribution is -2.48. The molecule has 0 bridgehead atoms. The maximum atomic E-state index is 5.95. The Hall–Kier alpha value is 0.407. The summed E-state index contributed by atoms with van der Waals surface area (Å²) in [6, 6.07) is 0.934. The Morgan fingerprint density at radius 2 is 1.88 bits per heavy atom. The van der Waals surface area contributed by atoms with Gasteiger partial charge in [0, 0.05) is 37.4 Å². The average molecular weight is 279 g/mol. The lowest BCUT2D eigenvalue weighted by Gasteiger charge is -2.31. The monoisotopic (exact) mass is 279 g/mol. The highest BCUT2D eigenvalue weighted by Gasteiger charge is 2.40. The van der Waals surface area contributed by atoms with E-state index in [4.69, 9.17) is 13.3 Å². The minimum Gasteiger partial charge on any atom is -0.374 e. The van der Waals surface area contributed by atoms with Gasteiger partial charge in [-0.2, -0.15) is 11.8 Å². The first-order valence-corrected chi connectivity index (χ1v) is 9.41. The third-order valence-corrected chi connectivity index (χ3v) is 6.44. The highest BCUT2D eigenvalue weighted by atomic mass is 32.2. The first-order chi connectivity index (χ1) is 8.18. The zero-order valence-corrected chi connectivity index (χ0v) is 13.1. The van der Waals surface area contributed by atoms with Gasteiger partial charge in [0.2, 0.25) is 0 Å². The van der Waals surface area contributed by atoms with E-state index in [9.17, 15) is 0 Å². The minimum atomic E-state index is -2.37. The van der Waals surface area contributed by atoms with E-state index < -0.39 is 8.80 Å². The van der Waals surface area contributed by atoms with Crippen molar-refractivity contribution >= 4 is 20.6 Å². The summed E-state index contributed by atoms with van der Waals surface area (Å²) in [7, 11) is 1.81. The fraction of sp³-hybridized carbons (Fsp3) is 1.00. The number of rotatable bonds is 6. The van der Waals surface area contributed by atoms with Gasteiger partial charge in [0.25, 0.3) is 0 Å². The van der Waals surface area contributed by atoms with Crippen molar-refractivity contribution in [3.8, 4) is 0 Å². The van der Waals surface area contributed by atoms with Crippen LogP contribution in [0.2, 0.25) is 6.04 Å². The standard InChI is InChI=1S/C11H25NO3SSi/c1-4-13-17(11-5-6-12(2)3)14-7-9-16-10-8-15-17/h4-11H2,1-3H3. The molecule has 1 aliphatic heterocycles. The third-order valence-electron chi connectivity index (χ3n) is 2.55. The average Bonchev–Trinajstić information content (AvgIpc) is 2.23. The van der Waals surface area contributed by atoms with E-state index in [1.165, 1.54) is 0 Å². The van der Waals surface area contributed by atoms with Crippen molar-refractivity contribution in [1.82, 2.24) is 4.90 Å². The van der Waals surface area contributed by atoms with Gasteiger partial charge in [-0.1, -0.05) is 0 Å². The molecule has 0 unspecified atom stereocenters. The molecule has 17 heavy (non-hydrogen) atoms. The fourth-order valence-corrected chi connectivity index (χ4v) is 5.23. The van der Waals surface area contributed by atoms with Crippen molar-refractivity contribution in [2.24, 2.45) is 0 Å². The molecule has 0 saturated carbocycles. The summed E-state index contributed by atoms with van der Waals surface area (Å²) in [5.41, 5.74) is 0. The zero-order valence-electron chi connectivity index (χ0n) is 11.2. The first kappa shape index (κ1) is 15.5. The van der Waals surface area contributed by atoms with Crippen molar-refractivity contribution in [2.45, 2.75) is 19.4 Å². The number of thioether (sulfide) groups is 1. The van der Waals surface area contributed by atoms with Gasteiger partial charge in [-0.25, -0.2) is 0 Å². The minimum absolute atomic E-state index is 0.682. The second-order valence-electron chi connectivity index (χ2n) is 4.33. The molecule has 0 atom stereocenters. The molecular weight excluding hydrogens is 254 g/mol. The lowest BCUT2D eigenvalue weighted by molar-refractivity contribution is 0.0700. The van der Waals surface area contributed by atoms with E-state index in [-0.39, 0.29) is 0 Å². The molecule has 1 rings (SSSR count). The summed E-state index contributed by atoms with van der Waals surface area (Å²) in [4.78, 5) is 2.19. The van der Waals surface area contributed by atoms with Crippen molar-refractivity contribution in [1.29, 1.82) is 0 Å². The van der Waals surface area contributed by atoms with Crippen LogP contribution in [-0.2, 0) is 13.3 Å². The Morgan fingerprint density at radius 3 is 2.41 bits per heavy atom. The Balaban J connectivity index is 2.45. The maximum absolute atomic E-state index is 5.95. The summed E-state index contributed by atoms with van der Waals surface area (Å²) in [6.45, 7) is 5.28. The van der Waals surface area contributed by atoms with Crippen LogP contribution in [0.4, 0.5) is 0 Å². The molecule has 0 aromatic heterocycles. The maximum Gasteiger partial charge on any atom is 0.501 e. The quantitative estimate of drug-likeness (QED) is 0.691. The van der Waals surface area contributed by atoms with Gasteiger partial charge >= 0.3 is 8.80 Å². The molecule has 0 aromatic rings. The Bertz CT molecular complexity index is 199. The van der Waals surface area contributed by atoms with E-state index in [2.05, 4.69) is 19.0 Å². The summed E-state index contributed by atoms with van der Waals surface area (Å²) in [5, 5.41) is 0. The normalized spacial score (nSPS) is 21.2. The molecule has 0 spiro atoms. The molecule has 0 amide bonds. The zero-order chi connectivity index (χ0) is 12.6. The lowest BCUT2D eigenvalue weighted by atomic mass is 10.5. The first-order valence-electron chi connectivity index (χ1n) is 6.33. The van der Waals surface area contributed by atoms with Gasteiger partial charge < -0.3 is 18.2 Å². The molecule has 0 radical (unpaired) electrons.